The molecule has 96 valence electrons. The van der Waals surface area contributed by atoms with Gasteiger partial charge in [-0.3, -0.25) is 4.90 Å². The zero-order valence-corrected chi connectivity index (χ0v) is 10.8. The van der Waals surface area contributed by atoms with Crippen LogP contribution in [0.3, 0.4) is 0 Å². The van der Waals surface area contributed by atoms with E-state index in [2.05, 4.69) is 16.3 Å². The number of hydrogen-bond acceptors (Lipinski definition) is 5. The van der Waals surface area contributed by atoms with Crippen LogP contribution in [0.5, 0.6) is 0 Å². The highest BCUT2D eigenvalue weighted by molar-refractivity contribution is 7.91. The van der Waals surface area contributed by atoms with Gasteiger partial charge in [0.1, 0.15) is 5.54 Å². The third kappa shape index (κ3) is 2.79. The Kier molecular flexibility index (Phi) is 3.71. The summed E-state index contributed by atoms with van der Waals surface area (Å²) in [5, 5.41) is 12.7. The number of sulfone groups is 1. The largest absolute Gasteiger partial charge is 0.315 e. The Morgan fingerprint density at radius 3 is 2.76 bits per heavy atom. The van der Waals surface area contributed by atoms with E-state index < -0.39 is 15.4 Å². The number of rotatable bonds is 1. The summed E-state index contributed by atoms with van der Waals surface area (Å²) in [7, 11) is -3.05. The van der Waals surface area contributed by atoms with Crippen LogP contribution < -0.4 is 5.32 Å². The average Bonchev–Trinajstić information content (AvgIpc) is 2.56. The van der Waals surface area contributed by atoms with E-state index in [0.717, 1.165) is 32.6 Å². The first-order chi connectivity index (χ1) is 8.08. The molecule has 0 radical (unpaired) electrons. The molecule has 0 aromatic carbocycles. The lowest BCUT2D eigenvalue weighted by atomic mass is 9.94. The van der Waals surface area contributed by atoms with Crippen LogP contribution in [0.15, 0.2) is 0 Å². The van der Waals surface area contributed by atoms with Gasteiger partial charge in [-0.1, -0.05) is 0 Å². The fraction of sp³-hybridized carbons (Fsp3) is 0.909. The van der Waals surface area contributed by atoms with Gasteiger partial charge in [0, 0.05) is 19.6 Å². The Balaban J connectivity index is 2.21. The first-order valence-corrected chi connectivity index (χ1v) is 7.98. The molecular formula is C11H19N3O2S. The van der Waals surface area contributed by atoms with Crippen molar-refractivity contribution in [2.45, 2.75) is 24.8 Å². The lowest BCUT2D eigenvalue weighted by Crippen LogP contribution is -2.55. The van der Waals surface area contributed by atoms with E-state index in [9.17, 15) is 13.7 Å². The summed E-state index contributed by atoms with van der Waals surface area (Å²) in [6, 6.07) is 2.29. The Bertz CT molecular complexity index is 407. The fourth-order valence-electron chi connectivity index (χ4n) is 2.77. The van der Waals surface area contributed by atoms with Crippen molar-refractivity contribution in [3.8, 4) is 6.07 Å². The summed E-state index contributed by atoms with van der Waals surface area (Å²) < 4.78 is 23.5. The summed E-state index contributed by atoms with van der Waals surface area (Å²) in [4.78, 5) is 2.07. The van der Waals surface area contributed by atoms with E-state index >= 15 is 0 Å². The zero-order valence-electron chi connectivity index (χ0n) is 9.98. The highest BCUT2D eigenvalue weighted by atomic mass is 32.2. The second kappa shape index (κ2) is 4.92. The van der Waals surface area contributed by atoms with Gasteiger partial charge in [-0.2, -0.15) is 5.26 Å². The molecule has 1 unspecified atom stereocenters. The van der Waals surface area contributed by atoms with Crippen LogP contribution in [0, 0.1) is 11.3 Å². The number of nitrogens with zero attached hydrogens (tertiary/aromatic N) is 2. The molecule has 0 saturated carbocycles. The van der Waals surface area contributed by atoms with E-state index in [1.807, 2.05) is 0 Å². The maximum Gasteiger partial charge on any atom is 0.153 e. The van der Waals surface area contributed by atoms with Crippen molar-refractivity contribution in [3.05, 3.63) is 0 Å². The van der Waals surface area contributed by atoms with Crippen LogP contribution in [0.1, 0.15) is 19.3 Å². The van der Waals surface area contributed by atoms with Crippen molar-refractivity contribution in [1.82, 2.24) is 10.2 Å². The summed E-state index contributed by atoms with van der Waals surface area (Å²) in [5.41, 5.74) is -0.775. The summed E-state index contributed by atoms with van der Waals surface area (Å²) in [6.07, 6.45) is 2.27. The van der Waals surface area contributed by atoms with Gasteiger partial charge in [-0.25, -0.2) is 8.42 Å². The van der Waals surface area contributed by atoms with Crippen molar-refractivity contribution >= 4 is 9.84 Å². The second-order valence-corrected chi connectivity index (χ2v) is 7.11. The van der Waals surface area contributed by atoms with E-state index in [1.54, 1.807) is 0 Å². The van der Waals surface area contributed by atoms with Crippen LogP contribution >= 0.6 is 0 Å². The molecule has 2 fully saturated rings. The van der Waals surface area contributed by atoms with Gasteiger partial charge in [0.15, 0.2) is 9.84 Å². The quantitative estimate of drug-likeness (QED) is 0.701. The molecule has 0 bridgehead atoms. The molecule has 0 amide bonds. The monoisotopic (exact) mass is 257 g/mol. The molecule has 1 N–H and O–H groups in total. The second-order valence-electron chi connectivity index (χ2n) is 4.93. The smallest absolute Gasteiger partial charge is 0.153 e. The van der Waals surface area contributed by atoms with Crippen molar-refractivity contribution in [2.75, 3.05) is 37.7 Å². The molecule has 0 aliphatic carbocycles. The molecule has 6 heteroatoms. The van der Waals surface area contributed by atoms with Crippen LogP contribution in [0.4, 0.5) is 0 Å². The standard InChI is InChI=1S/C11H19N3O2S/c12-9-11(3-1-8-17(15,16)10-11)14-6-2-4-13-5-7-14/h13H,1-8,10H2. The first kappa shape index (κ1) is 12.8. The minimum Gasteiger partial charge on any atom is -0.315 e. The summed E-state index contributed by atoms with van der Waals surface area (Å²) >= 11 is 0. The number of hydrogen-bond donors (Lipinski definition) is 1. The molecule has 2 aliphatic heterocycles. The number of nitrogens with one attached hydrogen (secondary N) is 1. The summed E-state index contributed by atoms with van der Waals surface area (Å²) in [6.45, 7) is 3.37. The van der Waals surface area contributed by atoms with Gasteiger partial charge in [0.05, 0.1) is 17.6 Å². The first-order valence-electron chi connectivity index (χ1n) is 6.15. The van der Waals surface area contributed by atoms with Crippen molar-refractivity contribution in [3.63, 3.8) is 0 Å². The Hall–Kier alpha value is -0.640. The van der Waals surface area contributed by atoms with Gasteiger partial charge >= 0.3 is 0 Å². The third-order valence-electron chi connectivity index (χ3n) is 3.66. The van der Waals surface area contributed by atoms with E-state index in [0.29, 0.717) is 12.8 Å². The Labute approximate surface area is 103 Å². The Morgan fingerprint density at radius 1 is 1.24 bits per heavy atom. The van der Waals surface area contributed by atoms with Crippen LogP contribution in [0.2, 0.25) is 0 Å². The molecule has 2 rings (SSSR count). The third-order valence-corrected chi connectivity index (χ3v) is 5.49. The van der Waals surface area contributed by atoms with Crippen molar-refractivity contribution in [1.29, 1.82) is 5.26 Å². The molecule has 1 atom stereocenters. The van der Waals surface area contributed by atoms with E-state index in [-0.39, 0.29) is 11.5 Å². The predicted molar refractivity (Wildman–Crippen MR) is 65.3 cm³/mol. The van der Waals surface area contributed by atoms with E-state index in [4.69, 9.17) is 0 Å². The lowest BCUT2D eigenvalue weighted by molar-refractivity contribution is 0.151. The molecule has 2 heterocycles. The van der Waals surface area contributed by atoms with Gasteiger partial charge in [0.2, 0.25) is 0 Å². The van der Waals surface area contributed by atoms with Gasteiger partial charge in [-0.15, -0.1) is 0 Å². The maximum absolute atomic E-state index is 11.8. The minimum absolute atomic E-state index is 0.0104. The molecule has 0 spiro atoms. The molecule has 5 nitrogen and oxygen atoms in total. The maximum atomic E-state index is 11.8. The van der Waals surface area contributed by atoms with Gasteiger partial charge in [0.25, 0.3) is 0 Å². The molecule has 0 aromatic heterocycles. The zero-order chi connectivity index (χ0) is 12.4. The molecular weight excluding hydrogens is 238 g/mol. The van der Waals surface area contributed by atoms with Gasteiger partial charge < -0.3 is 5.32 Å². The highest BCUT2D eigenvalue weighted by Gasteiger charge is 2.43. The number of nitriles is 1. The SMILES string of the molecule is N#CC1(N2CCCNCC2)CCCS(=O)(=O)C1. The Morgan fingerprint density at radius 2 is 2.06 bits per heavy atom. The minimum atomic E-state index is -3.05. The molecule has 0 aromatic rings. The lowest BCUT2D eigenvalue weighted by Gasteiger charge is -2.40. The predicted octanol–water partition coefficient (Wildman–Crippen LogP) is -0.247. The summed E-state index contributed by atoms with van der Waals surface area (Å²) in [5.74, 6) is 0.249. The average molecular weight is 257 g/mol. The van der Waals surface area contributed by atoms with E-state index in [1.165, 1.54) is 0 Å². The van der Waals surface area contributed by atoms with Crippen LogP contribution in [-0.4, -0.2) is 56.5 Å². The molecule has 17 heavy (non-hydrogen) atoms. The normalized spacial score (nSPS) is 34.8. The fourth-order valence-corrected chi connectivity index (χ4v) is 4.62. The van der Waals surface area contributed by atoms with Crippen molar-refractivity contribution in [2.24, 2.45) is 0 Å². The molecule has 2 saturated heterocycles. The van der Waals surface area contributed by atoms with Crippen LogP contribution in [0.25, 0.3) is 0 Å². The van der Waals surface area contributed by atoms with Crippen molar-refractivity contribution < 1.29 is 8.42 Å². The topological polar surface area (TPSA) is 73.2 Å². The van der Waals surface area contributed by atoms with Gasteiger partial charge in [-0.05, 0) is 25.8 Å². The highest BCUT2D eigenvalue weighted by Crippen LogP contribution is 2.29. The van der Waals surface area contributed by atoms with Crippen LogP contribution in [-0.2, 0) is 9.84 Å². The molecule has 2 aliphatic rings.